The van der Waals surface area contributed by atoms with Crippen molar-refractivity contribution in [1.82, 2.24) is 14.6 Å². The highest BCUT2D eigenvalue weighted by atomic mass is 35.5. The van der Waals surface area contributed by atoms with Crippen molar-refractivity contribution < 1.29 is 31.1 Å². The molecule has 0 radical (unpaired) electrons. The third-order valence-corrected chi connectivity index (χ3v) is 5.19. The van der Waals surface area contributed by atoms with Crippen LogP contribution in [0.1, 0.15) is 18.1 Å². The Hall–Kier alpha value is -2.47. The van der Waals surface area contributed by atoms with Crippen LogP contribution in [0.4, 0.5) is 32.0 Å². The first kappa shape index (κ1) is 22.2. The summed E-state index contributed by atoms with van der Waals surface area (Å²) in [5.74, 6) is -0.809. The van der Waals surface area contributed by atoms with Crippen LogP contribution in [0.25, 0.3) is 5.65 Å². The molecule has 1 aromatic carbocycles. The second-order valence-corrected chi connectivity index (χ2v) is 7.81. The normalized spacial score (nSPS) is 13.5. The fraction of sp³-hybridized carbons (Fsp3) is 0.235. The molecule has 5 nitrogen and oxygen atoms in total. The van der Waals surface area contributed by atoms with Crippen LogP contribution in [0.5, 0.6) is 0 Å². The van der Waals surface area contributed by atoms with Crippen molar-refractivity contribution >= 4 is 40.6 Å². The third kappa shape index (κ3) is 4.81. The van der Waals surface area contributed by atoms with Crippen molar-refractivity contribution in [3.63, 3.8) is 0 Å². The molecule has 0 aliphatic heterocycles. The number of hydrogen-bond donors (Lipinski definition) is 1. The fourth-order valence-corrected chi connectivity index (χ4v) is 3.43. The molecule has 0 fully saturated rings. The molecule has 1 N–H and O–H groups in total. The number of alkyl halides is 6. The highest BCUT2D eigenvalue weighted by molar-refractivity contribution is 8.00. The summed E-state index contributed by atoms with van der Waals surface area (Å²) >= 11 is 6.35. The van der Waals surface area contributed by atoms with Crippen LogP contribution >= 0.6 is 23.4 Å². The second kappa shape index (κ2) is 7.99. The summed E-state index contributed by atoms with van der Waals surface area (Å²) < 4.78 is 79.3. The summed E-state index contributed by atoms with van der Waals surface area (Å²) in [6.45, 7) is 1.37. The Labute approximate surface area is 174 Å². The molecule has 1 atom stereocenters. The van der Waals surface area contributed by atoms with Gasteiger partial charge in [0.25, 0.3) is 0 Å². The molecule has 1 unspecified atom stereocenters. The first-order valence-corrected chi connectivity index (χ1v) is 9.38. The summed E-state index contributed by atoms with van der Waals surface area (Å²) in [6, 6.07) is 4.85. The Morgan fingerprint density at radius 3 is 2.43 bits per heavy atom. The average Bonchev–Trinajstić information content (AvgIpc) is 3.03. The zero-order valence-electron chi connectivity index (χ0n) is 14.8. The van der Waals surface area contributed by atoms with Gasteiger partial charge in [-0.25, -0.2) is 0 Å². The minimum Gasteiger partial charge on any atom is -0.325 e. The van der Waals surface area contributed by atoms with Gasteiger partial charge >= 0.3 is 12.4 Å². The maximum absolute atomic E-state index is 13.2. The van der Waals surface area contributed by atoms with E-state index < -0.39 is 40.3 Å². The van der Waals surface area contributed by atoms with E-state index in [-0.39, 0.29) is 15.8 Å². The molecule has 3 aromatic rings. The van der Waals surface area contributed by atoms with Crippen molar-refractivity contribution in [2.45, 2.75) is 29.7 Å². The predicted octanol–water partition coefficient (Wildman–Crippen LogP) is 5.54. The van der Waals surface area contributed by atoms with Gasteiger partial charge < -0.3 is 5.32 Å². The van der Waals surface area contributed by atoms with Gasteiger partial charge in [0.05, 0.1) is 22.1 Å². The van der Waals surface area contributed by atoms with E-state index in [1.54, 1.807) is 0 Å². The molecule has 0 spiro atoms. The maximum atomic E-state index is 13.2. The number of hydrogen-bond acceptors (Lipinski definition) is 4. The highest BCUT2D eigenvalue weighted by Gasteiger charge is 2.35. The monoisotopic (exact) mass is 468 g/mol. The maximum Gasteiger partial charge on any atom is 0.418 e. The molecule has 0 bridgehead atoms. The van der Waals surface area contributed by atoms with Gasteiger partial charge in [0.1, 0.15) is 0 Å². The van der Waals surface area contributed by atoms with Gasteiger partial charge in [-0.2, -0.15) is 26.3 Å². The highest BCUT2D eigenvalue weighted by Crippen LogP contribution is 2.37. The number of carbonyl (C=O) groups is 1. The largest absolute Gasteiger partial charge is 0.418 e. The number of amides is 1. The summed E-state index contributed by atoms with van der Waals surface area (Å²) in [5, 5.41) is 8.46. The zero-order valence-corrected chi connectivity index (χ0v) is 16.4. The Morgan fingerprint density at radius 1 is 1.10 bits per heavy atom. The minimum atomic E-state index is -4.75. The van der Waals surface area contributed by atoms with Gasteiger partial charge in [-0.15, -0.1) is 10.2 Å². The number of halogens is 7. The molecular formula is C17H11ClF6N4OS. The molecule has 13 heteroatoms. The zero-order chi connectivity index (χ0) is 22.3. The topological polar surface area (TPSA) is 59.3 Å². The average molecular weight is 469 g/mol. The first-order chi connectivity index (χ1) is 13.9. The molecule has 2 aromatic heterocycles. The quantitative estimate of drug-likeness (QED) is 0.403. The molecule has 160 valence electrons. The number of pyridine rings is 1. The van der Waals surface area contributed by atoms with Crippen LogP contribution in [-0.4, -0.2) is 25.8 Å². The van der Waals surface area contributed by atoms with Gasteiger partial charge in [-0.05, 0) is 37.3 Å². The van der Waals surface area contributed by atoms with Crippen molar-refractivity contribution in [3.05, 3.63) is 52.7 Å². The van der Waals surface area contributed by atoms with Crippen LogP contribution in [0.3, 0.4) is 0 Å². The van der Waals surface area contributed by atoms with Crippen molar-refractivity contribution in [3.8, 4) is 0 Å². The summed E-state index contributed by atoms with van der Waals surface area (Å²) in [4.78, 5) is 12.4. The van der Waals surface area contributed by atoms with Gasteiger partial charge in [0.15, 0.2) is 10.8 Å². The van der Waals surface area contributed by atoms with E-state index in [1.165, 1.54) is 13.0 Å². The Kier molecular flexibility index (Phi) is 5.92. The summed E-state index contributed by atoms with van der Waals surface area (Å²) in [7, 11) is 0. The van der Waals surface area contributed by atoms with E-state index in [0.717, 1.165) is 40.6 Å². The van der Waals surface area contributed by atoms with E-state index in [0.29, 0.717) is 6.07 Å². The predicted molar refractivity (Wildman–Crippen MR) is 98.4 cm³/mol. The smallest absolute Gasteiger partial charge is 0.325 e. The molecule has 30 heavy (non-hydrogen) atoms. The lowest BCUT2D eigenvalue weighted by Gasteiger charge is -2.16. The lowest BCUT2D eigenvalue weighted by Crippen LogP contribution is -2.24. The number of aromatic nitrogens is 3. The number of thioether (sulfide) groups is 1. The van der Waals surface area contributed by atoms with Crippen LogP contribution < -0.4 is 5.32 Å². The van der Waals surface area contributed by atoms with E-state index in [1.807, 2.05) is 0 Å². The van der Waals surface area contributed by atoms with E-state index >= 15 is 0 Å². The Morgan fingerprint density at radius 2 is 1.80 bits per heavy atom. The summed E-state index contributed by atoms with van der Waals surface area (Å²) in [6.07, 6.45) is -8.56. The Balaban J connectivity index is 1.82. The molecule has 0 aliphatic carbocycles. The van der Waals surface area contributed by atoms with E-state index in [2.05, 4.69) is 15.5 Å². The number of rotatable bonds is 4. The molecule has 1 amide bonds. The third-order valence-electron chi connectivity index (χ3n) is 3.89. The van der Waals surface area contributed by atoms with Gasteiger partial charge in [0.2, 0.25) is 5.91 Å². The van der Waals surface area contributed by atoms with Crippen LogP contribution in [-0.2, 0) is 17.1 Å². The number of benzene rings is 1. The standard InChI is InChI=1S/C17H11ClF6N4OS/c1-8(14(29)25-12-4-3-10(18)6-11(12)17(22,23)24)30-15-27-26-13-5-2-9(7-28(13)15)16(19,20)21/h2-8H,1H3,(H,25,29). The number of nitrogens with zero attached hydrogens (tertiary/aromatic N) is 3. The number of anilines is 1. The lowest BCUT2D eigenvalue weighted by atomic mass is 10.1. The fourth-order valence-electron chi connectivity index (χ4n) is 2.42. The second-order valence-electron chi connectivity index (χ2n) is 6.06. The van der Waals surface area contributed by atoms with Gasteiger partial charge in [-0.1, -0.05) is 23.4 Å². The lowest BCUT2D eigenvalue weighted by molar-refractivity contribution is -0.138. The van der Waals surface area contributed by atoms with Crippen molar-refractivity contribution in [1.29, 1.82) is 0 Å². The van der Waals surface area contributed by atoms with Crippen LogP contribution in [0.2, 0.25) is 5.02 Å². The molecule has 2 heterocycles. The van der Waals surface area contributed by atoms with Gasteiger partial charge in [-0.3, -0.25) is 9.20 Å². The number of carbonyl (C=O) groups excluding carboxylic acids is 1. The molecule has 0 saturated carbocycles. The van der Waals surface area contributed by atoms with Crippen molar-refractivity contribution in [2.75, 3.05) is 5.32 Å². The molecule has 3 rings (SSSR count). The number of nitrogens with one attached hydrogen (secondary N) is 1. The van der Waals surface area contributed by atoms with Crippen molar-refractivity contribution in [2.24, 2.45) is 0 Å². The minimum absolute atomic E-state index is 0.0223. The molecule has 0 aliphatic rings. The summed E-state index contributed by atoms with van der Waals surface area (Å²) in [5.41, 5.74) is -2.43. The van der Waals surface area contributed by atoms with E-state index in [9.17, 15) is 31.1 Å². The molecule has 0 saturated heterocycles. The van der Waals surface area contributed by atoms with E-state index in [4.69, 9.17) is 11.6 Å². The first-order valence-electron chi connectivity index (χ1n) is 8.12. The van der Waals surface area contributed by atoms with Crippen LogP contribution in [0.15, 0.2) is 41.7 Å². The number of fused-ring (bicyclic) bond motifs is 1. The molecular weight excluding hydrogens is 458 g/mol. The Bertz CT molecular complexity index is 1100. The van der Waals surface area contributed by atoms with Gasteiger partial charge in [0, 0.05) is 11.2 Å². The SMILES string of the molecule is CC(Sc1nnc2ccc(C(F)(F)F)cn12)C(=O)Nc1ccc(Cl)cc1C(F)(F)F. The van der Waals surface area contributed by atoms with Crippen LogP contribution in [0, 0.1) is 0 Å².